The van der Waals surface area contributed by atoms with Gasteiger partial charge >= 0.3 is 5.97 Å². The van der Waals surface area contributed by atoms with Crippen molar-refractivity contribution < 1.29 is 9.90 Å². The molecule has 0 saturated heterocycles. The molecule has 142 valence electrons. The van der Waals surface area contributed by atoms with Gasteiger partial charge in [-0.3, -0.25) is 4.79 Å². The second-order valence-corrected chi connectivity index (χ2v) is 7.68. The van der Waals surface area contributed by atoms with Crippen LogP contribution < -0.4 is 5.73 Å². The summed E-state index contributed by atoms with van der Waals surface area (Å²) in [4.78, 5) is 11.2. The van der Waals surface area contributed by atoms with Gasteiger partial charge in [-0.1, -0.05) is 83.1 Å². The molecule has 0 aliphatic rings. The molecule has 0 spiro atoms. The van der Waals surface area contributed by atoms with Crippen LogP contribution in [-0.2, 0) is 11.2 Å². The molecular formula is C22H37NO2. The Kier molecular flexibility index (Phi) is 9.81. The number of rotatable bonds is 13. The predicted molar refractivity (Wildman–Crippen MR) is 106 cm³/mol. The quantitative estimate of drug-likeness (QED) is 0.452. The Morgan fingerprint density at radius 1 is 1.00 bits per heavy atom. The molecule has 3 heteroatoms. The minimum atomic E-state index is -1.21. The van der Waals surface area contributed by atoms with Gasteiger partial charge < -0.3 is 10.8 Å². The number of carbonyl (C=O) groups is 1. The van der Waals surface area contributed by atoms with E-state index >= 15 is 0 Å². The largest absolute Gasteiger partial charge is 0.480 e. The summed E-state index contributed by atoms with van der Waals surface area (Å²) in [6.07, 6.45) is 11.9. The van der Waals surface area contributed by atoms with Crippen molar-refractivity contribution in [2.45, 2.75) is 96.4 Å². The van der Waals surface area contributed by atoms with E-state index in [9.17, 15) is 9.90 Å². The van der Waals surface area contributed by atoms with Gasteiger partial charge in [0.2, 0.25) is 0 Å². The zero-order valence-corrected chi connectivity index (χ0v) is 16.4. The fourth-order valence-electron chi connectivity index (χ4n) is 3.34. The van der Waals surface area contributed by atoms with Crippen LogP contribution in [0.5, 0.6) is 0 Å². The minimum Gasteiger partial charge on any atom is -0.480 e. The van der Waals surface area contributed by atoms with Crippen molar-refractivity contribution in [3.05, 3.63) is 35.4 Å². The number of carboxylic acid groups (broad SMARTS) is 1. The maximum absolute atomic E-state index is 11.2. The smallest absolute Gasteiger partial charge is 0.323 e. The van der Waals surface area contributed by atoms with Crippen molar-refractivity contribution in [3.63, 3.8) is 0 Å². The van der Waals surface area contributed by atoms with Crippen molar-refractivity contribution in [3.8, 4) is 0 Å². The molecule has 3 nitrogen and oxygen atoms in total. The molecule has 0 aromatic heterocycles. The van der Waals surface area contributed by atoms with Crippen molar-refractivity contribution in [1.82, 2.24) is 0 Å². The highest BCUT2D eigenvalue weighted by atomic mass is 16.4. The lowest BCUT2D eigenvalue weighted by Gasteiger charge is -2.21. The van der Waals surface area contributed by atoms with E-state index < -0.39 is 11.5 Å². The molecule has 1 rings (SSSR count). The van der Waals surface area contributed by atoms with Crippen molar-refractivity contribution in [2.75, 3.05) is 0 Å². The van der Waals surface area contributed by atoms with Crippen LogP contribution in [0.4, 0.5) is 0 Å². The number of benzene rings is 1. The highest BCUT2D eigenvalue weighted by Crippen LogP contribution is 2.29. The van der Waals surface area contributed by atoms with Crippen LogP contribution in [0.1, 0.15) is 95.6 Å². The van der Waals surface area contributed by atoms with Gasteiger partial charge in [0.15, 0.2) is 0 Å². The van der Waals surface area contributed by atoms with Crippen LogP contribution in [0.15, 0.2) is 24.3 Å². The molecule has 1 aromatic rings. The van der Waals surface area contributed by atoms with E-state index in [4.69, 9.17) is 5.73 Å². The molecule has 1 aromatic carbocycles. The van der Waals surface area contributed by atoms with E-state index in [0.717, 1.165) is 5.56 Å². The molecule has 2 atom stereocenters. The Bertz CT molecular complexity index is 493. The van der Waals surface area contributed by atoms with E-state index in [1.165, 1.54) is 63.4 Å². The van der Waals surface area contributed by atoms with Crippen LogP contribution in [-0.4, -0.2) is 16.6 Å². The lowest BCUT2D eigenvalue weighted by Crippen LogP contribution is -2.46. The van der Waals surface area contributed by atoms with Crippen molar-refractivity contribution in [1.29, 1.82) is 0 Å². The first kappa shape index (κ1) is 21.7. The first-order valence-corrected chi connectivity index (χ1v) is 10.0. The monoisotopic (exact) mass is 347 g/mol. The fourth-order valence-corrected chi connectivity index (χ4v) is 3.34. The number of hydrogen-bond acceptors (Lipinski definition) is 2. The first-order chi connectivity index (χ1) is 11.9. The summed E-state index contributed by atoms with van der Waals surface area (Å²) >= 11 is 0. The molecule has 0 radical (unpaired) electrons. The summed E-state index contributed by atoms with van der Waals surface area (Å²) in [6, 6.07) is 8.48. The third-order valence-corrected chi connectivity index (χ3v) is 5.07. The molecule has 0 heterocycles. The second-order valence-electron chi connectivity index (χ2n) is 7.68. The summed E-state index contributed by atoms with van der Waals surface area (Å²) in [5.41, 5.74) is 7.05. The standard InChI is InChI=1S/C22H37NO2/c1-4-6-8-10-12-19(11-9-7-5-2)20-15-13-18(14-16-20)17-22(3,23)21(24)25/h13-16,19H,4-12,17,23H2,1-3H3,(H,24,25). The van der Waals surface area contributed by atoms with Gasteiger partial charge in [0.1, 0.15) is 5.54 Å². The van der Waals surface area contributed by atoms with Crippen LogP contribution in [0.25, 0.3) is 0 Å². The highest BCUT2D eigenvalue weighted by molar-refractivity contribution is 5.78. The number of unbranched alkanes of at least 4 members (excludes halogenated alkanes) is 5. The van der Waals surface area contributed by atoms with Gasteiger partial charge in [-0.15, -0.1) is 0 Å². The molecule has 0 bridgehead atoms. The van der Waals surface area contributed by atoms with E-state index in [2.05, 4.69) is 38.1 Å². The molecule has 0 amide bonds. The van der Waals surface area contributed by atoms with Gasteiger partial charge in [-0.05, 0) is 36.8 Å². The zero-order valence-electron chi connectivity index (χ0n) is 16.4. The maximum atomic E-state index is 11.2. The highest BCUT2D eigenvalue weighted by Gasteiger charge is 2.28. The van der Waals surface area contributed by atoms with Crippen LogP contribution in [0, 0.1) is 0 Å². The number of nitrogens with two attached hydrogens (primary N) is 1. The average molecular weight is 348 g/mol. The lowest BCUT2D eigenvalue weighted by atomic mass is 9.86. The molecule has 0 saturated carbocycles. The minimum absolute atomic E-state index is 0.361. The van der Waals surface area contributed by atoms with E-state index in [1.807, 2.05) is 0 Å². The summed E-state index contributed by atoms with van der Waals surface area (Å²) in [5.74, 6) is -0.328. The van der Waals surface area contributed by atoms with Crippen LogP contribution in [0.3, 0.4) is 0 Å². The molecule has 0 aliphatic carbocycles. The van der Waals surface area contributed by atoms with Gasteiger partial charge in [0.25, 0.3) is 0 Å². The summed E-state index contributed by atoms with van der Waals surface area (Å²) in [6.45, 7) is 6.07. The molecule has 2 unspecified atom stereocenters. The average Bonchev–Trinajstić information content (AvgIpc) is 2.57. The third-order valence-electron chi connectivity index (χ3n) is 5.07. The Labute approximate surface area is 154 Å². The van der Waals surface area contributed by atoms with Gasteiger partial charge in [0, 0.05) is 6.42 Å². The van der Waals surface area contributed by atoms with E-state index in [-0.39, 0.29) is 0 Å². The van der Waals surface area contributed by atoms with Crippen molar-refractivity contribution in [2.24, 2.45) is 5.73 Å². The lowest BCUT2D eigenvalue weighted by molar-refractivity contribution is -0.142. The topological polar surface area (TPSA) is 63.3 Å². The second kappa shape index (κ2) is 11.3. The molecule has 0 aliphatic heterocycles. The van der Waals surface area contributed by atoms with Gasteiger partial charge in [0.05, 0.1) is 0 Å². The van der Waals surface area contributed by atoms with Crippen molar-refractivity contribution >= 4 is 5.97 Å². The summed E-state index contributed by atoms with van der Waals surface area (Å²) in [5, 5.41) is 9.18. The fraction of sp³-hybridized carbons (Fsp3) is 0.682. The number of aliphatic carboxylic acids is 1. The predicted octanol–water partition coefficient (Wildman–Crippen LogP) is 5.67. The Hall–Kier alpha value is -1.35. The molecule has 0 fully saturated rings. The molecular weight excluding hydrogens is 310 g/mol. The molecule has 3 N–H and O–H groups in total. The van der Waals surface area contributed by atoms with Crippen LogP contribution >= 0.6 is 0 Å². The van der Waals surface area contributed by atoms with E-state index in [1.54, 1.807) is 6.92 Å². The Morgan fingerprint density at radius 2 is 1.52 bits per heavy atom. The normalized spacial score (nSPS) is 14.9. The Morgan fingerprint density at radius 3 is 2.04 bits per heavy atom. The van der Waals surface area contributed by atoms with Gasteiger partial charge in [-0.25, -0.2) is 0 Å². The Balaban J connectivity index is 2.71. The maximum Gasteiger partial charge on any atom is 0.323 e. The van der Waals surface area contributed by atoms with Crippen LogP contribution in [0.2, 0.25) is 0 Å². The number of carboxylic acids is 1. The third kappa shape index (κ3) is 8.04. The summed E-state index contributed by atoms with van der Waals surface area (Å²) in [7, 11) is 0. The summed E-state index contributed by atoms with van der Waals surface area (Å²) < 4.78 is 0. The SMILES string of the molecule is CCCCCCC(CCCCC)c1ccc(CC(C)(N)C(=O)O)cc1. The number of hydrogen-bond donors (Lipinski definition) is 2. The molecule has 25 heavy (non-hydrogen) atoms. The first-order valence-electron chi connectivity index (χ1n) is 10.0. The van der Waals surface area contributed by atoms with E-state index in [0.29, 0.717) is 12.3 Å². The van der Waals surface area contributed by atoms with Gasteiger partial charge in [-0.2, -0.15) is 0 Å². The zero-order chi connectivity index (χ0) is 18.7.